The Hall–Kier alpha value is -1.27. The highest BCUT2D eigenvalue weighted by Gasteiger charge is 2.23. The van der Waals surface area contributed by atoms with Crippen LogP contribution in [0.5, 0.6) is 0 Å². The molecule has 6 heteroatoms. The number of aromatic amines is 2. The molecule has 12 heavy (non-hydrogen) atoms. The number of fused-ring (bicyclic) bond motifs is 1. The van der Waals surface area contributed by atoms with E-state index in [-0.39, 0.29) is 5.78 Å². The van der Waals surface area contributed by atoms with Crippen molar-refractivity contribution < 1.29 is 4.79 Å². The number of Topliss-reactive ketones (excluding diaryl/α,β-unsaturated/α-hetero) is 1. The monoisotopic (exact) mass is 182 g/mol. The molecule has 1 aliphatic heterocycles. The molecule has 1 atom stereocenters. The third kappa shape index (κ3) is 0.926. The van der Waals surface area contributed by atoms with Crippen molar-refractivity contribution in [2.24, 2.45) is 10.7 Å². The first-order valence-electron chi connectivity index (χ1n) is 3.35. The lowest BCUT2D eigenvalue weighted by atomic mass is 10.1. The first kappa shape index (κ1) is 7.38. The number of hydrogen-bond donors (Lipinski definition) is 3. The molecule has 0 spiro atoms. The molecule has 1 aliphatic rings. The van der Waals surface area contributed by atoms with Gasteiger partial charge in [-0.2, -0.15) is 0 Å². The van der Waals surface area contributed by atoms with Gasteiger partial charge in [-0.05, 0) is 12.2 Å². The molecule has 0 aliphatic carbocycles. The van der Waals surface area contributed by atoms with Gasteiger partial charge in [-0.1, -0.05) is 0 Å². The Morgan fingerprint density at radius 2 is 2.33 bits per heavy atom. The molecular formula is C6H6N4OS. The molecule has 0 saturated heterocycles. The van der Waals surface area contributed by atoms with Crippen molar-refractivity contribution in [1.82, 2.24) is 9.97 Å². The summed E-state index contributed by atoms with van der Waals surface area (Å²) in [5.41, 5.74) is 5.81. The summed E-state index contributed by atoms with van der Waals surface area (Å²) >= 11 is 4.79. The van der Waals surface area contributed by atoms with Crippen molar-refractivity contribution in [2.75, 3.05) is 0 Å². The minimum atomic E-state index is -0.654. The van der Waals surface area contributed by atoms with Gasteiger partial charge in [0, 0.05) is 6.21 Å². The average molecular weight is 182 g/mol. The number of nitrogens with two attached hydrogens (primary N) is 1. The molecule has 4 N–H and O–H groups in total. The molecule has 0 radical (unpaired) electrons. The van der Waals surface area contributed by atoms with E-state index in [1.807, 2.05) is 0 Å². The SMILES string of the molecule is N[C@H]1C=Nc2[nH]c(=S)[nH]c2C1=O. The van der Waals surface area contributed by atoms with Crippen LogP contribution in [0.1, 0.15) is 10.5 Å². The summed E-state index contributed by atoms with van der Waals surface area (Å²) in [6.45, 7) is 0. The maximum atomic E-state index is 11.3. The number of carbonyl (C=O) groups is 1. The molecule has 0 aromatic carbocycles. The summed E-state index contributed by atoms with van der Waals surface area (Å²) in [6.07, 6.45) is 1.39. The number of ketones is 1. The van der Waals surface area contributed by atoms with Gasteiger partial charge in [-0.15, -0.1) is 0 Å². The van der Waals surface area contributed by atoms with Crippen LogP contribution in [0.4, 0.5) is 5.82 Å². The highest BCUT2D eigenvalue weighted by molar-refractivity contribution is 7.71. The van der Waals surface area contributed by atoms with E-state index >= 15 is 0 Å². The van der Waals surface area contributed by atoms with E-state index in [0.717, 1.165) is 0 Å². The van der Waals surface area contributed by atoms with Gasteiger partial charge < -0.3 is 15.7 Å². The number of rotatable bonds is 0. The van der Waals surface area contributed by atoms with Crippen molar-refractivity contribution in [3.05, 3.63) is 10.5 Å². The molecule has 0 fully saturated rings. The van der Waals surface area contributed by atoms with E-state index in [4.69, 9.17) is 18.0 Å². The molecule has 5 nitrogen and oxygen atoms in total. The fraction of sp³-hybridized carbons (Fsp3) is 0.167. The summed E-state index contributed by atoms with van der Waals surface area (Å²) in [7, 11) is 0. The van der Waals surface area contributed by atoms with E-state index in [1.54, 1.807) is 0 Å². The molecular weight excluding hydrogens is 176 g/mol. The molecule has 62 valence electrons. The van der Waals surface area contributed by atoms with Crippen molar-refractivity contribution in [1.29, 1.82) is 0 Å². The maximum absolute atomic E-state index is 11.3. The van der Waals surface area contributed by atoms with Crippen LogP contribution >= 0.6 is 12.2 Å². The molecule has 0 unspecified atom stereocenters. The fourth-order valence-corrected chi connectivity index (χ4v) is 1.24. The van der Waals surface area contributed by atoms with E-state index in [9.17, 15) is 4.79 Å². The van der Waals surface area contributed by atoms with Crippen molar-refractivity contribution in [3.63, 3.8) is 0 Å². The van der Waals surface area contributed by atoms with Gasteiger partial charge in [-0.25, -0.2) is 4.99 Å². The number of hydrogen-bond acceptors (Lipinski definition) is 4. The van der Waals surface area contributed by atoms with Gasteiger partial charge in [-0.3, -0.25) is 4.79 Å². The minimum absolute atomic E-state index is 0.188. The van der Waals surface area contributed by atoms with Crippen LogP contribution in [-0.4, -0.2) is 28.0 Å². The van der Waals surface area contributed by atoms with Crippen LogP contribution in [0, 0.1) is 4.77 Å². The lowest BCUT2D eigenvalue weighted by molar-refractivity contribution is 0.0980. The number of aliphatic imine (C=N–C) groups is 1. The van der Waals surface area contributed by atoms with E-state index in [1.165, 1.54) is 6.21 Å². The Labute approximate surface area is 72.7 Å². The van der Waals surface area contributed by atoms with Crippen molar-refractivity contribution >= 4 is 30.0 Å². The number of nitrogens with zero attached hydrogens (tertiary/aromatic N) is 1. The predicted molar refractivity (Wildman–Crippen MR) is 46.4 cm³/mol. The number of H-pyrrole nitrogens is 2. The highest BCUT2D eigenvalue weighted by atomic mass is 32.1. The van der Waals surface area contributed by atoms with Gasteiger partial charge in [0.25, 0.3) is 0 Å². The summed E-state index contributed by atoms with van der Waals surface area (Å²) in [4.78, 5) is 20.7. The second-order valence-corrected chi connectivity index (χ2v) is 2.88. The molecule has 1 aromatic rings. The van der Waals surface area contributed by atoms with E-state index in [2.05, 4.69) is 15.0 Å². The van der Waals surface area contributed by atoms with E-state index < -0.39 is 6.04 Å². The first-order chi connectivity index (χ1) is 5.68. The van der Waals surface area contributed by atoms with Gasteiger partial charge >= 0.3 is 0 Å². The van der Waals surface area contributed by atoms with Crippen molar-refractivity contribution in [2.45, 2.75) is 6.04 Å². The smallest absolute Gasteiger partial charge is 0.205 e. The summed E-state index contributed by atoms with van der Waals surface area (Å²) in [6, 6.07) is -0.654. The van der Waals surface area contributed by atoms with E-state index in [0.29, 0.717) is 16.3 Å². The molecule has 0 saturated carbocycles. The minimum Gasteiger partial charge on any atom is -0.326 e. The van der Waals surface area contributed by atoms with Crippen LogP contribution in [0.3, 0.4) is 0 Å². The van der Waals surface area contributed by atoms with Crippen LogP contribution in [0.15, 0.2) is 4.99 Å². The summed E-state index contributed by atoms with van der Waals surface area (Å²) in [5.74, 6) is 0.277. The topological polar surface area (TPSA) is 87.0 Å². The molecule has 0 bridgehead atoms. The number of aromatic nitrogens is 2. The molecule has 0 amide bonds. The van der Waals surface area contributed by atoms with Crippen LogP contribution in [0.2, 0.25) is 0 Å². The lowest BCUT2D eigenvalue weighted by Gasteiger charge is -2.07. The van der Waals surface area contributed by atoms with Gasteiger partial charge in [0.1, 0.15) is 11.7 Å². The summed E-state index contributed by atoms with van der Waals surface area (Å²) < 4.78 is 0.389. The Kier molecular flexibility index (Phi) is 1.45. The van der Waals surface area contributed by atoms with Gasteiger partial charge in [0.05, 0.1) is 0 Å². The largest absolute Gasteiger partial charge is 0.326 e. The fourth-order valence-electron chi connectivity index (χ4n) is 1.04. The average Bonchev–Trinajstić information content (AvgIpc) is 2.39. The Balaban J connectivity index is 2.65. The van der Waals surface area contributed by atoms with Crippen molar-refractivity contribution in [3.8, 4) is 0 Å². The third-order valence-electron chi connectivity index (χ3n) is 1.62. The van der Waals surface area contributed by atoms with Gasteiger partial charge in [0.2, 0.25) is 5.78 Å². The molecule has 2 heterocycles. The maximum Gasteiger partial charge on any atom is 0.205 e. The van der Waals surface area contributed by atoms with Crippen LogP contribution in [0.25, 0.3) is 0 Å². The van der Waals surface area contributed by atoms with Crippen LogP contribution < -0.4 is 5.73 Å². The summed E-state index contributed by atoms with van der Waals surface area (Å²) in [5, 5.41) is 0. The zero-order chi connectivity index (χ0) is 8.72. The zero-order valence-electron chi connectivity index (χ0n) is 6.00. The molecule has 1 aromatic heterocycles. The Morgan fingerprint density at radius 3 is 3.08 bits per heavy atom. The number of carbonyl (C=O) groups excluding carboxylic acids is 1. The normalized spacial score (nSPS) is 21.1. The standard InChI is InChI=1S/C6H6N4OS/c7-2-1-8-5-3(4(2)11)9-6(12)10-5/h1-2H,7H2,(H2,9,10,12)/t2-/m0/s1. The van der Waals surface area contributed by atoms with Crippen LogP contribution in [-0.2, 0) is 0 Å². The number of nitrogens with one attached hydrogen (secondary N) is 2. The highest BCUT2D eigenvalue weighted by Crippen LogP contribution is 2.18. The Bertz CT molecular complexity index is 415. The van der Waals surface area contributed by atoms with Gasteiger partial charge in [0.15, 0.2) is 10.6 Å². The Morgan fingerprint density at radius 1 is 1.58 bits per heavy atom. The number of imidazole rings is 1. The second kappa shape index (κ2) is 2.36. The third-order valence-corrected chi connectivity index (χ3v) is 1.82. The first-order valence-corrected chi connectivity index (χ1v) is 3.75. The second-order valence-electron chi connectivity index (χ2n) is 2.47. The zero-order valence-corrected chi connectivity index (χ0v) is 6.81. The predicted octanol–water partition coefficient (Wildman–Crippen LogP) is 0.298. The quantitative estimate of drug-likeness (QED) is 0.504. The molecule has 2 rings (SSSR count). The lowest BCUT2D eigenvalue weighted by Crippen LogP contribution is -2.34.